The number of nitriles is 1. The van der Waals surface area contributed by atoms with Crippen molar-refractivity contribution in [1.82, 2.24) is 5.32 Å². The van der Waals surface area contributed by atoms with Gasteiger partial charge in [-0.2, -0.15) is 5.26 Å². The molecule has 2 atom stereocenters. The minimum atomic E-state index is -0.233. The van der Waals surface area contributed by atoms with Crippen molar-refractivity contribution in [2.24, 2.45) is 5.92 Å². The molecule has 0 aliphatic heterocycles. The zero-order valence-electron chi connectivity index (χ0n) is 9.87. The van der Waals surface area contributed by atoms with Crippen molar-refractivity contribution in [2.45, 2.75) is 45.1 Å². The second kappa shape index (κ2) is 7.24. The normalized spacial score (nSPS) is 25.5. The minimum absolute atomic E-state index is 0.0388. The van der Waals surface area contributed by atoms with Gasteiger partial charge in [-0.3, -0.25) is 4.79 Å². The highest BCUT2D eigenvalue weighted by atomic mass is 16.5. The largest absolute Gasteiger partial charge is 0.465 e. The monoisotopic (exact) mass is 224 g/mol. The SMILES string of the molecule is CCOC(=O)CNC1CCCCCC1C#N. The highest BCUT2D eigenvalue weighted by molar-refractivity contribution is 5.71. The van der Waals surface area contributed by atoms with E-state index in [1.165, 1.54) is 6.42 Å². The van der Waals surface area contributed by atoms with Crippen LogP contribution in [0.25, 0.3) is 0 Å². The van der Waals surface area contributed by atoms with Gasteiger partial charge in [0.25, 0.3) is 0 Å². The van der Waals surface area contributed by atoms with Crippen LogP contribution in [-0.2, 0) is 9.53 Å². The maximum Gasteiger partial charge on any atom is 0.319 e. The molecule has 0 radical (unpaired) electrons. The lowest BCUT2D eigenvalue weighted by molar-refractivity contribution is -0.142. The molecular formula is C12H20N2O2. The predicted octanol–water partition coefficient (Wildman–Crippen LogP) is 1.61. The molecule has 90 valence electrons. The van der Waals surface area contributed by atoms with Crippen LogP contribution < -0.4 is 5.32 Å². The van der Waals surface area contributed by atoms with Gasteiger partial charge < -0.3 is 10.1 Å². The number of nitrogens with zero attached hydrogens (tertiary/aromatic N) is 1. The summed E-state index contributed by atoms with van der Waals surface area (Å²) in [6, 6.07) is 2.49. The summed E-state index contributed by atoms with van der Waals surface area (Å²) in [5, 5.41) is 12.2. The summed E-state index contributed by atoms with van der Waals surface area (Å²) >= 11 is 0. The average molecular weight is 224 g/mol. The minimum Gasteiger partial charge on any atom is -0.465 e. The van der Waals surface area contributed by atoms with Crippen molar-refractivity contribution >= 4 is 5.97 Å². The van der Waals surface area contributed by atoms with E-state index < -0.39 is 0 Å². The van der Waals surface area contributed by atoms with Crippen molar-refractivity contribution in [3.63, 3.8) is 0 Å². The number of nitrogens with one attached hydrogen (secondary N) is 1. The lowest BCUT2D eigenvalue weighted by Gasteiger charge is -2.20. The molecule has 2 unspecified atom stereocenters. The van der Waals surface area contributed by atoms with Crippen LogP contribution in [0, 0.1) is 17.2 Å². The van der Waals surface area contributed by atoms with Crippen LogP contribution in [0.5, 0.6) is 0 Å². The van der Waals surface area contributed by atoms with Crippen LogP contribution >= 0.6 is 0 Å². The molecule has 0 heterocycles. The predicted molar refractivity (Wildman–Crippen MR) is 60.6 cm³/mol. The molecule has 1 saturated carbocycles. The van der Waals surface area contributed by atoms with Crippen molar-refractivity contribution in [3.8, 4) is 6.07 Å². The second-order valence-electron chi connectivity index (χ2n) is 4.17. The van der Waals surface area contributed by atoms with Gasteiger partial charge in [0.1, 0.15) is 0 Å². The number of carbonyl (C=O) groups excluding carboxylic acids is 1. The fourth-order valence-corrected chi connectivity index (χ4v) is 2.13. The Kier molecular flexibility index (Phi) is 5.87. The second-order valence-corrected chi connectivity index (χ2v) is 4.17. The summed E-state index contributed by atoms with van der Waals surface area (Å²) in [6.07, 6.45) is 5.37. The Morgan fingerprint density at radius 1 is 1.44 bits per heavy atom. The molecule has 1 fully saturated rings. The van der Waals surface area contributed by atoms with Gasteiger partial charge in [-0.05, 0) is 19.8 Å². The van der Waals surface area contributed by atoms with Crippen LogP contribution in [-0.4, -0.2) is 25.2 Å². The Labute approximate surface area is 97.0 Å². The molecular weight excluding hydrogens is 204 g/mol. The van der Waals surface area contributed by atoms with E-state index in [4.69, 9.17) is 10.00 Å². The van der Waals surface area contributed by atoms with Gasteiger partial charge >= 0.3 is 5.97 Å². The van der Waals surface area contributed by atoms with Crippen LogP contribution in [0.3, 0.4) is 0 Å². The van der Waals surface area contributed by atoms with Crippen molar-refractivity contribution in [1.29, 1.82) is 5.26 Å². The Morgan fingerprint density at radius 3 is 2.88 bits per heavy atom. The molecule has 1 aliphatic carbocycles. The van der Waals surface area contributed by atoms with Gasteiger partial charge in [0, 0.05) is 6.04 Å². The van der Waals surface area contributed by atoms with E-state index >= 15 is 0 Å². The maximum absolute atomic E-state index is 11.2. The van der Waals surface area contributed by atoms with Crippen LogP contribution in [0.1, 0.15) is 39.0 Å². The molecule has 0 bridgehead atoms. The van der Waals surface area contributed by atoms with Gasteiger partial charge in [-0.15, -0.1) is 0 Å². The van der Waals surface area contributed by atoms with Gasteiger partial charge in [-0.25, -0.2) is 0 Å². The highest BCUT2D eigenvalue weighted by Gasteiger charge is 2.23. The first-order valence-electron chi connectivity index (χ1n) is 6.06. The summed E-state index contributed by atoms with van der Waals surface area (Å²) in [5.74, 6) is -0.194. The van der Waals surface area contributed by atoms with Crippen molar-refractivity contribution in [3.05, 3.63) is 0 Å². The standard InChI is InChI=1S/C12H20N2O2/c1-2-16-12(15)9-14-11-7-5-3-4-6-10(11)8-13/h10-11,14H,2-7,9H2,1H3. The summed E-state index contributed by atoms with van der Waals surface area (Å²) in [5.41, 5.74) is 0. The van der Waals surface area contributed by atoms with E-state index in [0.717, 1.165) is 25.7 Å². The zero-order chi connectivity index (χ0) is 11.8. The van der Waals surface area contributed by atoms with E-state index in [0.29, 0.717) is 6.61 Å². The third-order valence-corrected chi connectivity index (χ3v) is 3.00. The number of rotatable bonds is 4. The topological polar surface area (TPSA) is 62.1 Å². The first-order valence-corrected chi connectivity index (χ1v) is 6.06. The summed E-state index contributed by atoms with van der Waals surface area (Å²) in [6.45, 7) is 2.42. The molecule has 16 heavy (non-hydrogen) atoms. The van der Waals surface area contributed by atoms with Gasteiger partial charge in [-0.1, -0.05) is 19.3 Å². The highest BCUT2D eigenvalue weighted by Crippen LogP contribution is 2.22. The lowest BCUT2D eigenvalue weighted by Crippen LogP contribution is -2.38. The molecule has 0 aromatic heterocycles. The van der Waals surface area contributed by atoms with E-state index in [1.54, 1.807) is 6.92 Å². The third kappa shape index (κ3) is 4.19. The van der Waals surface area contributed by atoms with E-state index in [-0.39, 0.29) is 24.5 Å². The first kappa shape index (κ1) is 13.0. The molecule has 0 amide bonds. The Hall–Kier alpha value is -1.08. The molecule has 1 N–H and O–H groups in total. The lowest BCUT2D eigenvalue weighted by atomic mass is 9.96. The van der Waals surface area contributed by atoms with Gasteiger partial charge in [0.05, 0.1) is 25.1 Å². The summed E-state index contributed by atoms with van der Waals surface area (Å²) in [7, 11) is 0. The molecule has 4 nitrogen and oxygen atoms in total. The number of hydrogen-bond donors (Lipinski definition) is 1. The van der Waals surface area contributed by atoms with E-state index in [9.17, 15) is 4.79 Å². The van der Waals surface area contributed by atoms with E-state index in [2.05, 4.69) is 11.4 Å². The smallest absolute Gasteiger partial charge is 0.319 e. The Morgan fingerprint density at radius 2 is 2.19 bits per heavy atom. The van der Waals surface area contributed by atoms with E-state index in [1.807, 2.05) is 0 Å². The number of carbonyl (C=O) groups is 1. The van der Waals surface area contributed by atoms with Gasteiger partial charge in [0.2, 0.25) is 0 Å². The Balaban J connectivity index is 2.37. The molecule has 1 aliphatic rings. The van der Waals surface area contributed by atoms with Crippen molar-refractivity contribution < 1.29 is 9.53 Å². The molecule has 0 spiro atoms. The summed E-state index contributed by atoms with van der Waals surface area (Å²) < 4.78 is 4.85. The first-order chi connectivity index (χ1) is 7.77. The Bertz CT molecular complexity index is 260. The fraction of sp³-hybridized carbons (Fsp3) is 0.833. The number of ether oxygens (including phenoxy) is 1. The molecule has 0 aromatic carbocycles. The zero-order valence-corrected chi connectivity index (χ0v) is 9.87. The molecule has 4 heteroatoms. The molecule has 0 aromatic rings. The van der Waals surface area contributed by atoms with Crippen LogP contribution in [0.2, 0.25) is 0 Å². The van der Waals surface area contributed by atoms with Gasteiger partial charge in [0.15, 0.2) is 0 Å². The average Bonchev–Trinajstić information content (AvgIpc) is 2.51. The molecule has 1 rings (SSSR count). The van der Waals surface area contributed by atoms with Crippen LogP contribution in [0.4, 0.5) is 0 Å². The van der Waals surface area contributed by atoms with Crippen LogP contribution in [0.15, 0.2) is 0 Å². The summed E-state index contributed by atoms with van der Waals surface area (Å²) in [4.78, 5) is 11.2. The number of hydrogen-bond acceptors (Lipinski definition) is 4. The maximum atomic E-state index is 11.2. The fourth-order valence-electron chi connectivity index (χ4n) is 2.13. The van der Waals surface area contributed by atoms with Crippen molar-refractivity contribution in [2.75, 3.05) is 13.2 Å². The quantitative estimate of drug-likeness (QED) is 0.582. The third-order valence-electron chi connectivity index (χ3n) is 3.00. The molecule has 0 saturated heterocycles. The number of esters is 1.